The van der Waals surface area contributed by atoms with Crippen molar-refractivity contribution in [2.45, 2.75) is 17.9 Å². The highest BCUT2D eigenvalue weighted by molar-refractivity contribution is 9.10. The number of thioether (sulfide) groups is 1. The van der Waals surface area contributed by atoms with Gasteiger partial charge in [0.05, 0.1) is 5.56 Å². The molecule has 1 N–H and O–H groups in total. The Hall–Kier alpha value is -0.130. The van der Waals surface area contributed by atoms with Crippen LogP contribution in [0.2, 0.25) is 0 Å². The van der Waals surface area contributed by atoms with Crippen LogP contribution in [0.25, 0.3) is 0 Å². The molecule has 0 saturated carbocycles. The van der Waals surface area contributed by atoms with Crippen LogP contribution in [0.5, 0.6) is 0 Å². The van der Waals surface area contributed by atoms with Gasteiger partial charge in [-0.05, 0) is 31.4 Å². The van der Waals surface area contributed by atoms with Crippen molar-refractivity contribution in [3.63, 3.8) is 0 Å². The van der Waals surface area contributed by atoms with E-state index in [0.29, 0.717) is 10.5 Å². The zero-order chi connectivity index (χ0) is 12.1. The lowest BCUT2D eigenvalue weighted by molar-refractivity contribution is 0.0941. The number of rotatable bonds is 4. The van der Waals surface area contributed by atoms with Gasteiger partial charge in [-0.2, -0.15) is 11.8 Å². The predicted octanol–water partition coefficient (Wildman–Crippen LogP) is 3.22. The molecule has 0 radical (unpaired) electrons. The predicted molar refractivity (Wildman–Crippen MR) is 76.7 cm³/mol. The van der Waals surface area contributed by atoms with Crippen molar-refractivity contribution < 1.29 is 4.79 Å². The first-order valence-electron chi connectivity index (χ1n) is 4.83. The van der Waals surface area contributed by atoms with E-state index >= 15 is 0 Å². The van der Waals surface area contributed by atoms with Gasteiger partial charge in [0.2, 0.25) is 0 Å². The Labute approximate surface area is 114 Å². The Bertz CT molecular complexity index is 384. The lowest BCUT2D eigenvalue weighted by atomic mass is 10.2. The SMILES string of the molecule is CSCC(C)NC(=O)c1ccc(Br)cc1S. The van der Waals surface area contributed by atoms with Crippen LogP contribution in [-0.2, 0) is 0 Å². The van der Waals surface area contributed by atoms with Crippen LogP contribution in [0.1, 0.15) is 17.3 Å². The smallest absolute Gasteiger partial charge is 0.252 e. The number of hydrogen-bond donors (Lipinski definition) is 2. The van der Waals surface area contributed by atoms with Gasteiger partial charge in [0.1, 0.15) is 0 Å². The number of thiol groups is 1. The van der Waals surface area contributed by atoms with Crippen LogP contribution in [0.15, 0.2) is 27.6 Å². The molecule has 1 aromatic rings. The largest absolute Gasteiger partial charge is 0.349 e. The molecule has 0 bridgehead atoms. The summed E-state index contributed by atoms with van der Waals surface area (Å²) in [5.74, 6) is 0.837. The second-order valence-electron chi connectivity index (χ2n) is 3.49. The van der Waals surface area contributed by atoms with Gasteiger partial charge >= 0.3 is 0 Å². The van der Waals surface area contributed by atoms with E-state index in [9.17, 15) is 4.79 Å². The number of amides is 1. The Morgan fingerprint density at radius 3 is 2.88 bits per heavy atom. The summed E-state index contributed by atoms with van der Waals surface area (Å²) in [6.45, 7) is 1.99. The summed E-state index contributed by atoms with van der Waals surface area (Å²) in [5.41, 5.74) is 0.611. The van der Waals surface area contributed by atoms with Crippen molar-refractivity contribution in [1.82, 2.24) is 5.32 Å². The fourth-order valence-electron chi connectivity index (χ4n) is 1.29. The van der Waals surface area contributed by atoms with E-state index in [0.717, 1.165) is 10.2 Å². The standard InChI is InChI=1S/C11H14BrNOS2/c1-7(6-16-2)13-11(14)9-4-3-8(12)5-10(9)15/h3-5,7,15H,6H2,1-2H3,(H,13,14). The summed E-state index contributed by atoms with van der Waals surface area (Å²) in [6.07, 6.45) is 2.02. The lowest BCUT2D eigenvalue weighted by Crippen LogP contribution is -2.34. The van der Waals surface area contributed by atoms with Crippen molar-refractivity contribution in [3.8, 4) is 0 Å². The van der Waals surface area contributed by atoms with Crippen LogP contribution >= 0.6 is 40.3 Å². The minimum atomic E-state index is -0.0703. The minimum absolute atomic E-state index is 0.0703. The quantitative estimate of drug-likeness (QED) is 0.834. The van der Waals surface area contributed by atoms with Crippen LogP contribution in [0.4, 0.5) is 0 Å². The van der Waals surface area contributed by atoms with E-state index in [-0.39, 0.29) is 11.9 Å². The van der Waals surface area contributed by atoms with Gasteiger partial charge < -0.3 is 5.32 Å². The molecule has 0 spiro atoms. The molecular weight excluding hydrogens is 306 g/mol. The summed E-state index contributed by atoms with van der Waals surface area (Å²) in [7, 11) is 0. The summed E-state index contributed by atoms with van der Waals surface area (Å²) in [6, 6.07) is 5.59. The number of hydrogen-bond acceptors (Lipinski definition) is 3. The molecular formula is C11H14BrNOS2. The number of benzene rings is 1. The van der Waals surface area contributed by atoms with Crippen LogP contribution in [-0.4, -0.2) is 24.0 Å². The zero-order valence-electron chi connectivity index (χ0n) is 9.16. The lowest BCUT2D eigenvalue weighted by Gasteiger charge is -2.13. The summed E-state index contributed by atoms with van der Waals surface area (Å²) in [5, 5.41) is 2.93. The molecule has 0 aliphatic carbocycles. The van der Waals surface area contributed by atoms with Crippen molar-refractivity contribution in [2.75, 3.05) is 12.0 Å². The maximum atomic E-state index is 11.9. The van der Waals surface area contributed by atoms with Gasteiger partial charge in [0.15, 0.2) is 0 Å². The molecule has 2 nitrogen and oxygen atoms in total. The molecule has 88 valence electrons. The average Bonchev–Trinajstić information content (AvgIpc) is 2.17. The average molecular weight is 320 g/mol. The van der Waals surface area contributed by atoms with Crippen LogP contribution in [0.3, 0.4) is 0 Å². The van der Waals surface area contributed by atoms with Gasteiger partial charge in [-0.1, -0.05) is 15.9 Å². The van der Waals surface area contributed by atoms with Gasteiger partial charge in [0, 0.05) is 21.2 Å². The first kappa shape index (κ1) is 13.9. The van der Waals surface area contributed by atoms with E-state index in [1.54, 1.807) is 17.8 Å². The van der Waals surface area contributed by atoms with E-state index in [2.05, 4.69) is 33.9 Å². The van der Waals surface area contributed by atoms with Gasteiger partial charge in [-0.25, -0.2) is 0 Å². The fourth-order valence-corrected chi connectivity index (χ4v) is 2.73. The zero-order valence-corrected chi connectivity index (χ0v) is 12.5. The molecule has 5 heteroatoms. The highest BCUT2D eigenvalue weighted by Gasteiger charge is 2.12. The van der Waals surface area contributed by atoms with Crippen molar-refractivity contribution in [2.24, 2.45) is 0 Å². The second kappa shape index (κ2) is 6.57. The fraction of sp³-hybridized carbons (Fsp3) is 0.364. The molecule has 16 heavy (non-hydrogen) atoms. The normalized spacial score (nSPS) is 12.2. The molecule has 1 unspecified atom stereocenters. The highest BCUT2D eigenvalue weighted by atomic mass is 79.9. The maximum Gasteiger partial charge on any atom is 0.252 e. The Kier molecular flexibility index (Phi) is 5.72. The van der Waals surface area contributed by atoms with Crippen molar-refractivity contribution in [3.05, 3.63) is 28.2 Å². The monoisotopic (exact) mass is 319 g/mol. The molecule has 1 atom stereocenters. The first-order valence-corrected chi connectivity index (χ1v) is 7.46. The third kappa shape index (κ3) is 4.03. The number of carbonyl (C=O) groups is 1. The van der Waals surface area contributed by atoms with Crippen molar-refractivity contribution >= 4 is 46.2 Å². The molecule has 0 aliphatic heterocycles. The molecule has 0 aromatic heterocycles. The Morgan fingerprint density at radius 1 is 1.62 bits per heavy atom. The summed E-state index contributed by atoms with van der Waals surface area (Å²) in [4.78, 5) is 12.6. The Balaban J connectivity index is 2.73. The van der Waals surface area contributed by atoms with Gasteiger partial charge in [-0.3, -0.25) is 4.79 Å². The van der Waals surface area contributed by atoms with E-state index in [1.807, 2.05) is 25.3 Å². The minimum Gasteiger partial charge on any atom is -0.349 e. The number of nitrogens with one attached hydrogen (secondary N) is 1. The van der Waals surface area contributed by atoms with Crippen LogP contribution in [0, 0.1) is 0 Å². The summed E-state index contributed by atoms with van der Waals surface area (Å²) < 4.78 is 0.922. The third-order valence-corrected chi connectivity index (χ3v) is 3.70. The third-order valence-electron chi connectivity index (χ3n) is 2.00. The number of halogens is 1. The van der Waals surface area contributed by atoms with Gasteiger partial charge in [0.25, 0.3) is 5.91 Å². The van der Waals surface area contributed by atoms with Crippen molar-refractivity contribution in [1.29, 1.82) is 0 Å². The van der Waals surface area contributed by atoms with Gasteiger partial charge in [-0.15, -0.1) is 12.6 Å². The van der Waals surface area contributed by atoms with E-state index < -0.39 is 0 Å². The molecule has 0 heterocycles. The molecule has 0 fully saturated rings. The highest BCUT2D eigenvalue weighted by Crippen LogP contribution is 2.19. The van der Waals surface area contributed by atoms with E-state index in [1.165, 1.54) is 0 Å². The first-order chi connectivity index (χ1) is 7.54. The summed E-state index contributed by atoms with van der Waals surface area (Å²) >= 11 is 9.33. The van der Waals surface area contributed by atoms with Crippen LogP contribution < -0.4 is 5.32 Å². The number of carbonyl (C=O) groups excluding carboxylic acids is 1. The maximum absolute atomic E-state index is 11.9. The second-order valence-corrected chi connectivity index (χ2v) is 5.80. The topological polar surface area (TPSA) is 29.1 Å². The molecule has 0 aliphatic rings. The molecule has 1 aromatic carbocycles. The van der Waals surface area contributed by atoms with E-state index in [4.69, 9.17) is 0 Å². The Morgan fingerprint density at radius 2 is 2.31 bits per heavy atom. The molecule has 0 saturated heterocycles. The molecule has 1 rings (SSSR count). The molecule has 1 amide bonds.